The molecule has 1 aromatic heterocycles. The number of esters is 1. The number of halogens is 3. The molecule has 1 amide bonds. The Kier molecular flexibility index (Phi) is 7.14. The maximum absolute atomic E-state index is 13.2. The third kappa shape index (κ3) is 5.97. The molecule has 0 fully saturated rings. The van der Waals surface area contributed by atoms with E-state index in [1.165, 1.54) is 35.4 Å². The third-order valence-corrected chi connectivity index (χ3v) is 4.82. The lowest BCUT2D eigenvalue weighted by Gasteiger charge is -2.18. The van der Waals surface area contributed by atoms with Crippen LogP contribution in [0.2, 0.25) is 0 Å². The first-order valence-corrected chi connectivity index (χ1v) is 10.4. The zero-order chi connectivity index (χ0) is 25.5. The summed E-state index contributed by atoms with van der Waals surface area (Å²) in [7, 11) is 0. The number of hydrogen-bond acceptors (Lipinski definition) is 7. The van der Waals surface area contributed by atoms with Crippen LogP contribution in [0, 0.1) is 0 Å². The molecule has 0 saturated carbocycles. The molecule has 182 valence electrons. The highest BCUT2D eigenvalue weighted by molar-refractivity contribution is 5.98. The van der Waals surface area contributed by atoms with Crippen LogP contribution in [0.15, 0.2) is 90.3 Å². The van der Waals surface area contributed by atoms with Crippen molar-refractivity contribution in [2.45, 2.75) is 6.18 Å². The van der Waals surface area contributed by atoms with Gasteiger partial charge in [0, 0.05) is 0 Å². The molecule has 3 aromatic carbocycles. The van der Waals surface area contributed by atoms with Crippen LogP contribution in [0.5, 0.6) is 0 Å². The molecule has 4 aromatic rings. The van der Waals surface area contributed by atoms with Crippen molar-refractivity contribution in [1.29, 1.82) is 0 Å². The summed E-state index contributed by atoms with van der Waals surface area (Å²) >= 11 is 0. The van der Waals surface area contributed by atoms with Gasteiger partial charge in [-0.2, -0.15) is 23.3 Å². The predicted molar refractivity (Wildman–Crippen MR) is 122 cm³/mol. The van der Waals surface area contributed by atoms with Crippen LogP contribution in [-0.2, 0) is 15.7 Å². The lowest BCUT2D eigenvalue weighted by atomic mass is 10.2. The van der Waals surface area contributed by atoms with Crippen molar-refractivity contribution in [3.63, 3.8) is 0 Å². The van der Waals surface area contributed by atoms with Crippen molar-refractivity contribution in [3.8, 4) is 5.69 Å². The molecule has 4 rings (SSSR count). The van der Waals surface area contributed by atoms with E-state index in [4.69, 9.17) is 4.74 Å². The van der Waals surface area contributed by atoms with Gasteiger partial charge in [-0.25, -0.2) is 9.48 Å². The second-order valence-electron chi connectivity index (χ2n) is 7.29. The van der Waals surface area contributed by atoms with Gasteiger partial charge in [-0.3, -0.25) is 4.79 Å². The number of carbonyl (C=O) groups excluding carboxylic acids is 2. The Morgan fingerprint density at radius 1 is 1.00 bits per heavy atom. The molecular formula is C24H17F3N6O3. The van der Waals surface area contributed by atoms with E-state index in [-0.39, 0.29) is 11.3 Å². The molecule has 0 radical (unpaired) electrons. The monoisotopic (exact) mass is 494 g/mol. The van der Waals surface area contributed by atoms with Crippen LogP contribution in [0.1, 0.15) is 21.5 Å². The number of tetrazole rings is 1. The van der Waals surface area contributed by atoms with E-state index in [0.29, 0.717) is 11.3 Å². The predicted octanol–water partition coefficient (Wildman–Crippen LogP) is 3.91. The highest BCUT2D eigenvalue weighted by atomic mass is 19.4. The Hall–Kier alpha value is -4.87. The van der Waals surface area contributed by atoms with Crippen LogP contribution >= 0.6 is 0 Å². The number of benzene rings is 3. The molecule has 0 aliphatic heterocycles. The van der Waals surface area contributed by atoms with Gasteiger partial charge in [0.05, 0.1) is 28.7 Å². The number of amides is 1. The highest BCUT2D eigenvalue weighted by Gasteiger charge is 2.31. The summed E-state index contributed by atoms with van der Waals surface area (Å²) in [5, 5.41) is 15.6. The Balaban J connectivity index is 1.51. The van der Waals surface area contributed by atoms with E-state index in [2.05, 4.69) is 20.6 Å². The van der Waals surface area contributed by atoms with Crippen LogP contribution in [-0.4, -0.2) is 44.9 Å². The third-order valence-electron chi connectivity index (χ3n) is 4.82. The van der Waals surface area contributed by atoms with Crippen molar-refractivity contribution >= 4 is 23.8 Å². The summed E-state index contributed by atoms with van der Waals surface area (Å²) in [6.07, 6.45) is -1.92. The highest BCUT2D eigenvalue weighted by Crippen LogP contribution is 2.31. The van der Waals surface area contributed by atoms with E-state index in [0.717, 1.165) is 23.2 Å². The molecule has 0 bridgehead atoms. The van der Waals surface area contributed by atoms with Crippen LogP contribution in [0.4, 0.5) is 18.9 Å². The molecule has 36 heavy (non-hydrogen) atoms. The summed E-state index contributed by atoms with van der Waals surface area (Å²) in [4.78, 5) is 25.3. The Labute approximate surface area is 202 Å². The number of carbonyl (C=O) groups is 2. The van der Waals surface area contributed by atoms with Crippen molar-refractivity contribution in [2.24, 2.45) is 5.10 Å². The molecule has 0 spiro atoms. The fraction of sp³-hybridized carbons (Fsp3) is 0.0833. The lowest BCUT2D eigenvalue weighted by Crippen LogP contribution is -2.31. The first kappa shape index (κ1) is 24.3. The average molecular weight is 494 g/mol. The zero-order valence-corrected chi connectivity index (χ0v) is 18.4. The van der Waals surface area contributed by atoms with Crippen molar-refractivity contribution in [2.75, 3.05) is 11.6 Å². The minimum atomic E-state index is -4.62. The number of nitrogens with zero attached hydrogens (tertiary/aromatic N) is 6. The molecule has 0 N–H and O–H groups in total. The normalized spacial score (nSPS) is 11.4. The maximum atomic E-state index is 13.2. The molecule has 12 heteroatoms. The van der Waals surface area contributed by atoms with Gasteiger partial charge >= 0.3 is 12.1 Å². The number of aromatic nitrogens is 4. The van der Waals surface area contributed by atoms with Crippen molar-refractivity contribution in [1.82, 2.24) is 20.2 Å². The van der Waals surface area contributed by atoms with Gasteiger partial charge in [0.25, 0.3) is 5.91 Å². The van der Waals surface area contributed by atoms with Gasteiger partial charge in [-0.1, -0.05) is 36.4 Å². The molecule has 0 aliphatic carbocycles. The van der Waals surface area contributed by atoms with Gasteiger partial charge in [0.2, 0.25) is 0 Å². The Morgan fingerprint density at radius 2 is 1.75 bits per heavy atom. The summed E-state index contributed by atoms with van der Waals surface area (Å²) in [5.74, 6) is -1.65. The summed E-state index contributed by atoms with van der Waals surface area (Å²) < 4.78 is 46.1. The average Bonchev–Trinajstić information content (AvgIpc) is 3.43. The lowest BCUT2D eigenvalue weighted by molar-refractivity contribution is -0.137. The summed E-state index contributed by atoms with van der Waals surface area (Å²) in [6.45, 7) is -0.754. The summed E-state index contributed by atoms with van der Waals surface area (Å²) in [5.41, 5.74) is 0.273. The standard InChI is InChI=1S/C24H17F3N6O3/c25-24(26,27)19-7-4-8-21(13-19)33(29-14-17-5-2-1-3-6-17)22(34)15-36-23(35)18-9-11-20(12-10-18)32-16-28-30-31-32/h1-14,16H,15H2/b29-14+. The maximum Gasteiger partial charge on any atom is 0.416 e. The number of alkyl halides is 3. The molecule has 9 nitrogen and oxygen atoms in total. The van der Waals surface area contributed by atoms with Crippen molar-refractivity contribution < 1.29 is 27.5 Å². The van der Waals surface area contributed by atoms with E-state index < -0.39 is 30.2 Å². The fourth-order valence-electron chi connectivity index (χ4n) is 3.05. The number of ether oxygens (including phenoxy) is 1. The molecule has 0 saturated heterocycles. The quantitative estimate of drug-likeness (QED) is 0.219. The molecule has 0 aliphatic rings. The minimum Gasteiger partial charge on any atom is -0.452 e. The van der Waals surface area contributed by atoms with E-state index in [9.17, 15) is 22.8 Å². The SMILES string of the molecule is O=C(OCC(=O)N(/N=C/c1ccccc1)c1cccc(C(F)(F)F)c1)c1ccc(-n2cnnn2)cc1. The number of hydrazone groups is 1. The summed E-state index contributed by atoms with van der Waals surface area (Å²) in [6, 6.07) is 18.9. The zero-order valence-electron chi connectivity index (χ0n) is 18.4. The van der Waals surface area contributed by atoms with Gasteiger partial charge in [-0.05, 0) is 58.5 Å². The minimum absolute atomic E-state index is 0.135. The van der Waals surface area contributed by atoms with Gasteiger partial charge in [-0.15, -0.1) is 5.10 Å². The molecular weight excluding hydrogens is 477 g/mol. The van der Waals surface area contributed by atoms with E-state index in [1.807, 2.05) is 0 Å². The second-order valence-corrected chi connectivity index (χ2v) is 7.29. The first-order valence-electron chi connectivity index (χ1n) is 10.4. The van der Waals surface area contributed by atoms with E-state index in [1.54, 1.807) is 42.5 Å². The fourth-order valence-corrected chi connectivity index (χ4v) is 3.05. The smallest absolute Gasteiger partial charge is 0.416 e. The van der Waals surface area contributed by atoms with Gasteiger partial charge in [0.1, 0.15) is 6.33 Å². The Bertz CT molecular complexity index is 1360. The number of hydrogen-bond donors (Lipinski definition) is 0. The van der Waals surface area contributed by atoms with Crippen LogP contribution in [0.25, 0.3) is 5.69 Å². The van der Waals surface area contributed by atoms with Gasteiger partial charge < -0.3 is 4.74 Å². The first-order chi connectivity index (χ1) is 17.3. The van der Waals surface area contributed by atoms with E-state index >= 15 is 0 Å². The second kappa shape index (κ2) is 10.6. The number of anilines is 1. The topological polar surface area (TPSA) is 103 Å². The molecule has 0 atom stereocenters. The molecule has 0 unspecified atom stereocenters. The molecule has 1 heterocycles. The largest absolute Gasteiger partial charge is 0.452 e. The Morgan fingerprint density at radius 3 is 2.42 bits per heavy atom. The van der Waals surface area contributed by atoms with Crippen LogP contribution < -0.4 is 5.01 Å². The van der Waals surface area contributed by atoms with Gasteiger partial charge in [0.15, 0.2) is 6.61 Å². The van der Waals surface area contributed by atoms with Crippen LogP contribution in [0.3, 0.4) is 0 Å². The number of rotatable bonds is 7. The van der Waals surface area contributed by atoms with Crippen molar-refractivity contribution in [3.05, 3.63) is 102 Å².